The lowest BCUT2D eigenvalue weighted by Gasteiger charge is -2.27. The van der Waals surface area contributed by atoms with E-state index < -0.39 is 0 Å². The predicted octanol–water partition coefficient (Wildman–Crippen LogP) is 3.93. The van der Waals surface area contributed by atoms with Crippen LogP contribution in [0.3, 0.4) is 0 Å². The Kier molecular flexibility index (Phi) is 5.73. The Morgan fingerprint density at radius 1 is 1.03 bits per heavy atom. The summed E-state index contributed by atoms with van der Waals surface area (Å²) in [7, 11) is 3.56. The highest BCUT2D eigenvalue weighted by Gasteiger charge is 2.19. The summed E-state index contributed by atoms with van der Waals surface area (Å²) in [6.07, 6.45) is 3.43. The van der Waals surface area contributed by atoms with Crippen LogP contribution in [-0.4, -0.2) is 48.7 Å². The highest BCUT2D eigenvalue weighted by molar-refractivity contribution is 6.04. The highest BCUT2D eigenvalue weighted by Crippen LogP contribution is 2.29. The molecule has 172 valence electrons. The monoisotopic (exact) mass is 454 g/mol. The molecule has 3 heterocycles. The zero-order valence-electron chi connectivity index (χ0n) is 19.1. The first-order valence-electron chi connectivity index (χ1n) is 11.2. The topological polar surface area (TPSA) is 91.3 Å². The van der Waals surface area contributed by atoms with Gasteiger partial charge in [-0.2, -0.15) is 0 Å². The van der Waals surface area contributed by atoms with Gasteiger partial charge in [-0.15, -0.1) is 0 Å². The number of amides is 2. The molecule has 5 rings (SSSR count). The van der Waals surface area contributed by atoms with Gasteiger partial charge in [-0.1, -0.05) is 12.1 Å². The van der Waals surface area contributed by atoms with E-state index in [2.05, 4.69) is 20.9 Å². The minimum absolute atomic E-state index is 0.180. The van der Waals surface area contributed by atoms with Gasteiger partial charge in [0, 0.05) is 73.9 Å². The van der Waals surface area contributed by atoms with Crippen molar-refractivity contribution in [3.8, 4) is 0 Å². The third-order valence-electron chi connectivity index (χ3n) is 6.29. The lowest BCUT2D eigenvalue weighted by Crippen LogP contribution is -2.39. The third-order valence-corrected chi connectivity index (χ3v) is 6.29. The van der Waals surface area contributed by atoms with Gasteiger partial charge in [-0.05, 0) is 48.0 Å². The van der Waals surface area contributed by atoms with Gasteiger partial charge in [0.1, 0.15) is 5.82 Å². The summed E-state index contributed by atoms with van der Waals surface area (Å²) in [6, 6.07) is 19.1. The van der Waals surface area contributed by atoms with Crippen LogP contribution in [0.5, 0.6) is 0 Å². The average molecular weight is 455 g/mol. The van der Waals surface area contributed by atoms with Gasteiger partial charge in [-0.3, -0.25) is 9.36 Å². The molecule has 1 fully saturated rings. The minimum atomic E-state index is -0.192. The van der Waals surface area contributed by atoms with Crippen LogP contribution in [0.1, 0.15) is 21.8 Å². The molecule has 34 heavy (non-hydrogen) atoms. The van der Waals surface area contributed by atoms with Gasteiger partial charge < -0.3 is 20.9 Å². The van der Waals surface area contributed by atoms with Crippen LogP contribution in [0.25, 0.3) is 10.9 Å². The van der Waals surface area contributed by atoms with Crippen molar-refractivity contribution in [3.63, 3.8) is 0 Å². The molecule has 8 nitrogen and oxygen atoms in total. The maximum Gasteiger partial charge on any atom is 0.325 e. The van der Waals surface area contributed by atoms with Gasteiger partial charge in [0.05, 0.1) is 5.52 Å². The fourth-order valence-corrected chi connectivity index (χ4v) is 4.10. The van der Waals surface area contributed by atoms with E-state index in [-0.39, 0.29) is 11.9 Å². The first-order chi connectivity index (χ1) is 16.5. The first-order valence-corrected chi connectivity index (χ1v) is 11.2. The van der Waals surface area contributed by atoms with Gasteiger partial charge >= 0.3 is 6.03 Å². The number of carbonyl (C=O) groups excluding carboxylic acids is 2. The van der Waals surface area contributed by atoms with Gasteiger partial charge in [-0.25, -0.2) is 9.78 Å². The van der Waals surface area contributed by atoms with Crippen molar-refractivity contribution >= 4 is 40.0 Å². The lowest BCUT2D eigenvalue weighted by atomic mass is 9.93. The molecule has 0 saturated carbocycles. The molecule has 2 amide bonds. The number of anilines is 3. The van der Waals surface area contributed by atoms with E-state index >= 15 is 0 Å². The summed E-state index contributed by atoms with van der Waals surface area (Å²) in [5.74, 6) is 0.823. The molecule has 1 aliphatic rings. The molecule has 4 aromatic rings. The number of aromatic nitrogens is 2. The number of hydrogen-bond acceptors (Lipinski definition) is 5. The molecule has 1 aliphatic heterocycles. The smallest absolute Gasteiger partial charge is 0.325 e. The Labute approximate surface area is 197 Å². The quantitative estimate of drug-likeness (QED) is 0.425. The van der Waals surface area contributed by atoms with Gasteiger partial charge in [0.2, 0.25) is 0 Å². The van der Waals surface area contributed by atoms with Crippen molar-refractivity contribution in [1.82, 2.24) is 20.2 Å². The van der Waals surface area contributed by atoms with Crippen molar-refractivity contribution in [2.45, 2.75) is 5.92 Å². The van der Waals surface area contributed by atoms with E-state index in [0.29, 0.717) is 17.3 Å². The molecular weight excluding hydrogens is 428 g/mol. The number of pyridine rings is 1. The largest absolute Gasteiger partial charge is 0.344 e. The number of rotatable bonds is 5. The van der Waals surface area contributed by atoms with Crippen molar-refractivity contribution in [2.75, 3.05) is 37.4 Å². The maximum atomic E-state index is 12.7. The summed E-state index contributed by atoms with van der Waals surface area (Å²) in [5, 5.41) is 9.75. The van der Waals surface area contributed by atoms with Crippen LogP contribution >= 0.6 is 0 Å². The molecule has 1 saturated heterocycles. The number of benzene rings is 2. The Morgan fingerprint density at radius 2 is 1.79 bits per heavy atom. The molecule has 0 spiro atoms. The van der Waals surface area contributed by atoms with Crippen LogP contribution < -0.4 is 20.9 Å². The van der Waals surface area contributed by atoms with E-state index in [4.69, 9.17) is 0 Å². The van der Waals surface area contributed by atoms with Crippen LogP contribution in [0.15, 0.2) is 73.1 Å². The Balaban J connectivity index is 1.32. The molecule has 0 radical (unpaired) electrons. The minimum Gasteiger partial charge on any atom is -0.344 e. The summed E-state index contributed by atoms with van der Waals surface area (Å²) in [4.78, 5) is 31.1. The molecule has 0 bridgehead atoms. The van der Waals surface area contributed by atoms with E-state index in [1.807, 2.05) is 72.6 Å². The van der Waals surface area contributed by atoms with E-state index in [0.717, 1.165) is 35.4 Å². The third kappa shape index (κ3) is 4.11. The van der Waals surface area contributed by atoms with E-state index in [1.165, 1.54) is 5.56 Å². The Hall–Kier alpha value is -4.17. The van der Waals surface area contributed by atoms with Crippen molar-refractivity contribution in [3.05, 3.63) is 84.2 Å². The zero-order valence-corrected chi connectivity index (χ0v) is 19.1. The molecule has 3 N–H and O–H groups in total. The highest BCUT2D eigenvalue weighted by atomic mass is 16.2. The molecule has 8 heteroatoms. The second kappa shape index (κ2) is 8.99. The molecule has 0 atom stereocenters. The number of hydrogen-bond donors (Lipinski definition) is 3. The second-order valence-electron chi connectivity index (χ2n) is 8.37. The average Bonchev–Trinajstić information content (AvgIpc) is 3.26. The van der Waals surface area contributed by atoms with Crippen LogP contribution in [0, 0.1) is 0 Å². The summed E-state index contributed by atoms with van der Waals surface area (Å²) < 4.78 is 1.58. The molecular formula is C26H26N6O2. The van der Waals surface area contributed by atoms with Crippen molar-refractivity contribution in [1.29, 1.82) is 0 Å². The number of carbonyl (C=O) groups is 2. The van der Waals surface area contributed by atoms with Crippen molar-refractivity contribution < 1.29 is 9.59 Å². The van der Waals surface area contributed by atoms with Crippen LogP contribution in [0.2, 0.25) is 0 Å². The second-order valence-corrected chi connectivity index (χ2v) is 8.37. The fraction of sp³-hybridized carbons (Fsp3) is 0.192. The first kappa shape index (κ1) is 21.7. The number of fused-ring (bicyclic) bond motifs is 1. The number of nitrogens with zero attached hydrogens (tertiary/aromatic N) is 3. The van der Waals surface area contributed by atoms with Crippen LogP contribution in [0.4, 0.5) is 22.0 Å². The fourth-order valence-electron chi connectivity index (χ4n) is 4.10. The standard InChI is InChI=1S/C26H26N6O2/c1-27-26(34)32-12-10-19-13-21(7-8-23(19)32)31(2)22-9-11-29-24(14-22)30-25(33)18-5-3-17(4-6-18)20-15-28-16-20/h3-14,20,28H,15-16H2,1-2H3,(H,27,34)(H,29,30,33). The van der Waals surface area contributed by atoms with E-state index in [9.17, 15) is 9.59 Å². The summed E-state index contributed by atoms with van der Waals surface area (Å²) in [5.41, 5.74) is 4.51. The summed E-state index contributed by atoms with van der Waals surface area (Å²) >= 11 is 0. The molecule has 2 aromatic heterocycles. The number of nitrogens with one attached hydrogen (secondary N) is 3. The molecule has 0 aliphatic carbocycles. The maximum absolute atomic E-state index is 12.7. The normalized spacial score (nSPS) is 13.4. The summed E-state index contributed by atoms with van der Waals surface area (Å²) in [6.45, 7) is 1.98. The predicted molar refractivity (Wildman–Crippen MR) is 134 cm³/mol. The van der Waals surface area contributed by atoms with Crippen LogP contribution in [-0.2, 0) is 0 Å². The lowest BCUT2D eigenvalue weighted by molar-refractivity contribution is 0.102. The van der Waals surface area contributed by atoms with Gasteiger partial charge in [0.15, 0.2) is 0 Å². The zero-order chi connectivity index (χ0) is 23.7. The van der Waals surface area contributed by atoms with Gasteiger partial charge in [0.25, 0.3) is 5.91 Å². The van der Waals surface area contributed by atoms with E-state index in [1.54, 1.807) is 24.0 Å². The molecule has 0 unspecified atom stereocenters. The van der Waals surface area contributed by atoms with Crippen molar-refractivity contribution in [2.24, 2.45) is 0 Å². The molecule has 2 aromatic carbocycles. The SMILES string of the molecule is CNC(=O)n1ccc2cc(N(C)c3ccnc(NC(=O)c4ccc(C5CNC5)cc4)c3)ccc21. The Bertz CT molecular complexity index is 1360. The Morgan fingerprint density at radius 3 is 2.50 bits per heavy atom.